The molecule has 0 saturated heterocycles. The molecule has 0 unspecified atom stereocenters. The van der Waals surface area contributed by atoms with Crippen molar-refractivity contribution < 1.29 is 59.4 Å². The Bertz CT molecular complexity index is 4.35. The van der Waals surface area contributed by atoms with Gasteiger partial charge in [0.15, 0.2) is 0 Å². The first-order valence-corrected chi connectivity index (χ1v) is 0. The Morgan fingerprint density at radius 3 is 0.250 bits per heavy atom. The van der Waals surface area contributed by atoms with Gasteiger partial charge in [0.2, 0.25) is 0 Å². The summed E-state index contributed by atoms with van der Waals surface area (Å²) < 4.78 is 0. The smallest absolute Gasteiger partial charge is 0 e. The van der Waals surface area contributed by atoms with Crippen LogP contribution in [-0.2, 0) is 21.1 Å². The van der Waals surface area contributed by atoms with Crippen molar-refractivity contribution in [2.45, 2.75) is 0 Å². The van der Waals surface area contributed by atoms with Crippen LogP contribution in [0.2, 0.25) is 0 Å². The molecule has 0 aliphatic rings. The van der Waals surface area contributed by atoms with Crippen molar-refractivity contribution in [1.29, 1.82) is 0 Å². The van der Waals surface area contributed by atoms with Crippen LogP contribution in [0.1, 0.15) is 0 Å². The Hall–Kier alpha value is 0.408. The minimum atomic E-state index is 0. The SMILES string of the molecule is O.O.O.O.O.O.O.[Mo]. The Morgan fingerprint density at radius 2 is 0.250 bits per heavy atom. The summed E-state index contributed by atoms with van der Waals surface area (Å²) in [5.74, 6) is 0. The maximum atomic E-state index is 0. The van der Waals surface area contributed by atoms with Crippen LogP contribution in [0.15, 0.2) is 0 Å². The number of hydrogen-bond donors (Lipinski definition) is 0. The molecule has 0 rings (SSSR count). The van der Waals surface area contributed by atoms with E-state index in [9.17, 15) is 0 Å². The molecule has 0 aliphatic carbocycles. The minimum Gasteiger partial charge on any atom is -0.412 e. The molecule has 0 atom stereocenters. The van der Waals surface area contributed by atoms with Crippen LogP contribution in [0, 0.1) is 0 Å². The second kappa shape index (κ2) is 1820. The van der Waals surface area contributed by atoms with E-state index in [1.54, 1.807) is 0 Å². The molecule has 0 aliphatic heterocycles. The van der Waals surface area contributed by atoms with E-state index in [-0.39, 0.29) is 59.4 Å². The van der Waals surface area contributed by atoms with Gasteiger partial charge >= 0.3 is 0 Å². The summed E-state index contributed by atoms with van der Waals surface area (Å²) in [4.78, 5) is 0. The molecule has 0 radical (unpaired) electrons. The molecule has 8 heteroatoms. The fourth-order valence-corrected chi connectivity index (χ4v) is 0. The van der Waals surface area contributed by atoms with Gasteiger partial charge in [0.25, 0.3) is 0 Å². The quantitative estimate of drug-likeness (QED) is 0.349. The van der Waals surface area contributed by atoms with Crippen LogP contribution in [0.5, 0.6) is 0 Å². The van der Waals surface area contributed by atoms with Gasteiger partial charge in [0.1, 0.15) is 0 Å². The number of rotatable bonds is 0. The van der Waals surface area contributed by atoms with Gasteiger partial charge in [-0.1, -0.05) is 0 Å². The normalized spacial score (nSPS) is 0. The Labute approximate surface area is 60.1 Å². The summed E-state index contributed by atoms with van der Waals surface area (Å²) in [6, 6.07) is 0. The standard InChI is InChI=1S/Mo.7H2O/h;7*1H2. The Balaban J connectivity index is 0. The van der Waals surface area contributed by atoms with Crippen molar-refractivity contribution in [1.82, 2.24) is 0 Å². The zero-order valence-corrected chi connectivity index (χ0v) is 5.92. The van der Waals surface area contributed by atoms with Crippen molar-refractivity contribution in [2.24, 2.45) is 0 Å². The van der Waals surface area contributed by atoms with Gasteiger partial charge in [-0.2, -0.15) is 0 Å². The molecule has 0 fully saturated rings. The molecule has 0 heterocycles. The average Bonchev–Trinajstić information content (AvgIpc) is 0. The van der Waals surface area contributed by atoms with Crippen molar-refractivity contribution in [3.05, 3.63) is 0 Å². The van der Waals surface area contributed by atoms with Gasteiger partial charge in [-0.25, -0.2) is 0 Å². The van der Waals surface area contributed by atoms with E-state index in [1.165, 1.54) is 0 Å². The third-order valence-corrected chi connectivity index (χ3v) is 0. The zero-order valence-electron chi connectivity index (χ0n) is 3.91. The maximum absolute atomic E-state index is 0. The van der Waals surface area contributed by atoms with E-state index in [2.05, 4.69) is 0 Å². The monoisotopic (exact) mass is 224 g/mol. The first-order valence-electron chi connectivity index (χ1n) is 0. The summed E-state index contributed by atoms with van der Waals surface area (Å²) in [5.41, 5.74) is 0. The second-order valence-corrected chi connectivity index (χ2v) is 0. The maximum Gasteiger partial charge on any atom is 0 e. The topological polar surface area (TPSA) is 220 Å². The molecule has 0 bridgehead atoms. The largest absolute Gasteiger partial charge is 0.412 e. The van der Waals surface area contributed by atoms with Gasteiger partial charge in [-0.15, -0.1) is 0 Å². The van der Waals surface area contributed by atoms with Crippen molar-refractivity contribution in [2.75, 3.05) is 0 Å². The second-order valence-electron chi connectivity index (χ2n) is 0. The van der Waals surface area contributed by atoms with Crippen LogP contribution in [-0.4, -0.2) is 38.3 Å². The summed E-state index contributed by atoms with van der Waals surface area (Å²) in [7, 11) is 0. The predicted octanol–water partition coefficient (Wildman–Crippen LogP) is -5.78. The van der Waals surface area contributed by atoms with Gasteiger partial charge < -0.3 is 38.3 Å². The molecule has 8 heavy (non-hydrogen) atoms. The van der Waals surface area contributed by atoms with Gasteiger partial charge in [-0.05, 0) is 0 Å². The molecule has 0 saturated carbocycles. The molecule has 0 aromatic carbocycles. The fraction of sp³-hybridized carbons (Fsp3) is 0. The Kier molecular flexibility index (Phi) is 631000. The predicted molar refractivity (Wildman–Crippen MR) is 25.3 cm³/mol. The summed E-state index contributed by atoms with van der Waals surface area (Å²) in [5, 5.41) is 0. The molecule has 0 spiro atoms. The van der Waals surface area contributed by atoms with Crippen LogP contribution in [0.25, 0.3) is 0 Å². The third kappa shape index (κ3) is 1120. The molecule has 0 aromatic heterocycles. The molecule has 62 valence electrons. The van der Waals surface area contributed by atoms with E-state index in [0.717, 1.165) is 0 Å². The molecular weight excluding hydrogens is 208 g/mol. The van der Waals surface area contributed by atoms with E-state index in [1.807, 2.05) is 0 Å². The summed E-state index contributed by atoms with van der Waals surface area (Å²) >= 11 is 0. The first kappa shape index (κ1) is 2770. The van der Waals surface area contributed by atoms with Crippen LogP contribution >= 0.6 is 0 Å². The minimum absolute atomic E-state index is 0. The van der Waals surface area contributed by atoms with E-state index < -0.39 is 0 Å². The van der Waals surface area contributed by atoms with Crippen LogP contribution < -0.4 is 0 Å². The molecule has 0 amide bonds. The van der Waals surface area contributed by atoms with Crippen LogP contribution in [0.4, 0.5) is 0 Å². The average molecular weight is 222 g/mol. The van der Waals surface area contributed by atoms with E-state index in [0.29, 0.717) is 0 Å². The zero-order chi connectivity index (χ0) is 0. The van der Waals surface area contributed by atoms with Crippen molar-refractivity contribution in [3.8, 4) is 0 Å². The molecule has 0 aromatic rings. The van der Waals surface area contributed by atoms with Gasteiger partial charge in [0, 0.05) is 21.1 Å². The first-order chi connectivity index (χ1) is 0. The fourth-order valence-electron chi connectivity index (χ4n) is 0. The van der Waals surface area contributed by atoms with E-state index in [4.69, 9.17) is 0 Å². The van der Waals surface area contributed by atoms with Gasteiger partial charge in [-0.3, -0.25) is 0 Å². The summed E-state index contributed by atoms with van der Waals surface area (Å²) in [6.45, 7) is 0. The third-order valence-electron chi connectivity index (χ3n) is 0. The van der Waals surface area contributed by atoms with Gasteiger partial charge in [0.05, 0.1) is 0 Å². The number of hydrogen-bond acceptors (Lipinski definition) is 0. The molecule has 14 N–H and O–H groups in total. The van der Waals surface area contributed by atoms with Crippen LogP contribution in [0.3, 0.4) is 0 Å². The summed E-state index contributed by atoms with van der Waals surface area (Å²) in [6.07, 6.45) is 0. The molecular formula is H14MoO7. The Morgan fingerprint density at radius 1 is 0.250 bits per heavy atom. The van der Waals surface area contributed by atoms with Crippen molar-refractivity contribution in [3.63, 3.8) is 0 Å². The van der Waals surface area contributed by atoms with Crippen molar-refractivity contribution >= 4 is 0 Å². The molecule has 7 nitrogen and oxygen atoms in total. The van der Waals surface area contributed by atoms with E-state index >= 15 is 0 Å².